The zero-order valence-corrected chi connectivity index (χ0v) is 14.7. The highest BCUT2D eigenvalue weighted by Gasteiger charge is 2.28. The summed E-state index contributed by atoms with van der Waals surface area (Å²) in [5.41, 5.74) is 2.68. The summed E-state index contributed by atoms with van der Waals surface area (Å²) >= 11 is 1.85. The predicted octanol–water partition coefficient (Wildman–Crippen LogP) is 1.97. The highest BCUT2D eigenvalue weighted by Crippen LogP contribution is 2.27. The maximum absolute atomic E-state index is 12.4. The Bertz CT molecular complexity index is 888. The molecule has 25 heavy (non-hydrogen) atoms. The van der Waals surface area contributed by atoms with Gasteiger partial charge < -0.3 is 4.90 Å². The van der Waals surface area contributed by atoms with Crippen molar-refractivity contribution in [3.05, 3.63) is 51.6 Å². The lowest BCUT2D eigenvalue weighted by Crippen LogP contribution is -2.38. The number of hydrogen-bond donors (Lipinski definition) is 0. The van der Waals surface area contributed by atoms with E-state index >= 15 is 0 Å². The van der Waals surface area contributed by atoms with Gasteiger partial charge in [-0.15, -0.1) is 0 Å². The fourth-order valence-electron chi connectivity index (χ4n) is 3.60. The van der Waals surface area contributed by atoms with Gasteiger partial charge in [0.1, 0.15) is 11.9 Å². The molecule has 2 aliphatic rings. The Balaban J connectivity index is 1.62. The number of aromatic nitrogens is 3. The average molecular weight is 353 g/mol. The third kappa shape index (κ3) is 3.14. The van der Waals surface area contributed by atoms with E-state index in [0.717, 1.165) is 54.4 Å². The van der Waals surface area contributed by atoms with Crippen molar-refractivity contribution in [2.24, 2.45) is 0 Å². The first-order valence-corrected chi connectivity index (χ1v) is 9.71. The van der Waals surface area contributed by atoms with Gasteiger partial charge in [-0.1, -0.05) is 0 Å². The van der Waals surface area contributed by atoms with Crippen LogP contribution >= 0.6 is 11.8 Å². The largest absolute Gasteiger partial charge is 0.351 e. The summed E-state index contributed by atoms with van der Waals surface area (Å²) in [4.78, 5) is 19.0. The molecule has 4 heterocycles. The summed E-state index contributed by atoms with van der Waals surface area (Å²) in [5, 5.41) is 14.0. The smallest absolute Gasteiger partial charge is 0.267 e. The first kappa shape index (κ1) is 16.2. The lowest BCUT2D eigenvalue weighted by Gasteiger charge is -2.27. The summed E-state index contributed by atoms with van der Waals surface area (Å²) in [5.74, 6) is 2.66. The van der Waals surface area contributed by atoms with Crippen molar-refractivity contribution in [3.63, 3.8) is 0 Å². The summed E-state index contributed by atoms with van der Waals surface area (Å²) in [7, 11) is 0. The number of aryl methyl sites for hydroxylation is 1. The van der Waals surface area contributed by atoms with Gasteiger partial charge in [0.05, 0.1) is 23.8 Å². The van der Waals surface area contributed by atoms with Crippen LogP contribution in [0.2, 0.25) is 0 Å². The molecule has 0 amide bonds. The van der Waals surface area contributed by atoms with E-state index in [2.05, 4.69) is 21.1 Å². The van der Waals surface area contributed by atoms with Crippen LogP contribution in [0.1, 0.15) is 29.7 Å². The van der Waals surface area contributed by atoms with Gasteiger partial charge in [0.2, 0.25) is 0 Å². The normalized spacial score (nSPS) is 19.5. The molecule has 128 valence electrons. The van der Waals surface area contributed by atoms with Crippen LogP contribution < -0.4 is 10.5 Å². The van der Waals surface area contributed by atoms with Crippen molar-refractivity contribution >= 4 is 17.6 Å². The van der Waals surface area contributed by atoms with Crippen LogP contribution in [0, 0.1) is 11.3 Å². The van der Waals surface area contributed by atoms with E-state index in [1.807, 2.05) is 11.8 Å². The van der Waals surface area contributed by atoms with Gasteiger partial charge >= 0.3 is 0 Å². The number of nitrogens with zero attached hydrogens (tertiary/aromatic N) is 5. The molecule has 0 radical (unpaired) electrons. The van der Waals surface area contributed by atoms with Gasteiger partial charge in [0.15, 0.2) is 0 Å². The molecule has 2 aromatic heterocycles. The van der Waals surface area contributed by atoms with Crippen molar-refractivity contribution in [2.75, 3.05) is 17.2 Å². The zero-order chi connectivity index (χ0) is 17.2. The van der Waals surface area contributed by atoms with Crippen LogP contribution in [0.25, 0.3) is 0 Å². The van der Waals surface area contributed by atoms with Gasteiger partial charge in [-0.2, -0.15) is 22.1 Å². The molecule has 2 aliphatic heterocycles. The molecule has 2 aromatic rings. The molecule has 0 N–H and O–H groups in total. The molecule has 4 rings (SSSR count). The minimum absolute atomic E-state index is 0.0328. The standard InChI is InChI=1S/C18H19N5OS/c19-10-13-3-1-6-20-18(13)22-7-2-4-15(22)11-23-17(24)9-14-12-25-8-5-16(14)21-23/h1,3,6,9,15H,2,4-5,7-8,11-12H2. The number of anilines is 1. The Kier molecular flexibility index (Phi) is 4.45. The minimum atomic E-state index is -0.0328. The molecule has 1 saturated heterocycles. The Labute approximate surface area is 150 Å². The van der Waals surface area contributed by atoms with Crippen molar-refractivity contribution in [1.29, 1.82) is 5.26 Å². The van der Waals surface area contributed by atoms with Crippen molar-refractivity contribution < 1.29 is 0 Å². The van der Waals surface area contributed by atoms with Crippen LogP contribution in [0.5, 0.6) is 0 Å². The quantitative estimate of drug-likeness (QED) is 0.840. The molecule has 0 aromatic carbocycles. The highest BCUT2D eigenvalue weighted by molar-refractivity contribution is 7.98. The van der Waals surface area contributed by atoms with Crippen LogP contribution in [0.4, 0.5) is 5.82 Å². The lowest BCUT2D eigenvalue weighted by molar-refractivity contribution is 0.479. The number of hydrogen-bond acceptors (Lipinski definition) is 6. The van der Waals surface area contributed by atoms with Gasteiger partial charge in [-0.25, -0.2) is 9.67 Å². The van der Waals surface area contributed by atoms with Crippen LogP contribution in [0.15, 0.2) is 29.2 Å². The monoisotopic (exact) mass is 353 g/mol. The average Bonchev–Trinajstić information content (AvgIpc) is 3.10. The number of thioether (sulfide) groups is 1. The van der Waals surface area contributed by atoms with Crippen molar-refractivity contribution in [3.8, 4) is 6.07 Å². The highest BCUT2D eigenvalue weighted by atomic mass is 32.2. The number of fused-ring (bicyclic) bond motifs is 1. The predicted molar refractivity (Wildman–Crippen MR) is 97.7 cm³/mol. The minimum Gasteiger partial charge on any atom is -0.351 e. The second-order valence-electron chi connectivity index (χ2n) is 6.42. The van der Waals surface area contributed by atoms with Crippen molar-refractivity contribution in [2.45, 2.75) is 37.6 Å². The van der Waals surface area contributed by atoms with E-state index in [-0.39, 0.29) is 11.6 Å². The fourth-order valence-corrected chi connectivity index (χ4v) is 4.55. The lowest BCUT2D eigenvalue weighted by atomic mass is 10.2. The molecule has 6 nitrogen and oxygen atoms in total. The van der Waals surface area contributed by atoms with E-state index in [9.17, 15) is 10.1 Å². The maximum Gasteiger partial charge on any atom is 0.267 e. The fraction of sp³-hybridized carbons (Fsp3) is 0.444. The van der Waals surface area contributed by atoms with Crippen LogP contribution in [0.3, 0.4) is 0 Å². The zero-order valence-electron chi connectivity index (χ0n) is 13.9. The Hall–Kier alpha value is -2.33. The number of pyridine rings is 1. The molecule has 1 atom stereocenters. The Morgan fingerprint density at radius 3 is 3.24 bits per heavy atom. The topological polar surface area (TPSA) is 74.8 Å². The van der Waals surface area contributed by atoms with Gasteiger partial charge in [-0.3, -0.25) is 4.79 Å². The second-order valence-corrected chi connectivity index (χ2v) is 7.52. The molecular weight excluding hydrogens is 334 g/mol. The molecular formula is C18H19N5OS. The third-order valence-corrected chi connectivity index (χ3v) is 5.85. The molecule has 7 heteroatoms. The van der Waals surface area contributed by atoms with E-state index in [4.69, 9.17) is 0 Å². The molecule has 0 saturated carbocycles. The van der Waals surface area contributed by atoms with Crippen LogP contribution in [-0.4, -0.2) is 33.1 Å². The van der Waals surface area contributed by atoms with E-state index < -0.39 is 0 Å². The number of rotatable bonds is 3. The summed E-state index contributed by atoms with van der Waals surface area (Å²) in [6.45, 7) is 1.40. The summed E-state index contributed by atoms with van der Waals surface area (Å²) in [6, 6.07) is 7.67. The molecule has 0 spiro atoms. The van der Waals surface area contributed by atoms with E-state index in [1.165, 1.54) is 0 Å². The summed E-state index contributed by atoms with van der Waals surface area (Å²) in [6.07, 6.45) is 4.64. The Morgan fingerprint density at radius 1 is 1.44 bits per heavy atom. The van der Waals surface area contributed by atoms with Gasteiger partial charge in [0, 0.05) is 31.0 Å². The first-order chi connectivity index (χ1) is 12.3. The van der Waals surface area contributed by atoms with Gasteiger partial charge in [-0.05, 0) is 36.3 Å². The molecule has 1 fully saturated rings. The molecule has 0 aliphatic carbocycles. The van der Waals surface area contributed by atoms with E-state index in [0.29, 0.717) is 12.1 Å². The Morgan fingerprint density at radius 2 is 2.36 bits per heavy atom. The number of nitriles is 1. The van der Waals surface area contributed by atoms with Crippen LogP contribution in [-0.2, 0) is 18.7 Å². The molecule has 1 unspecified atom stereocenters. The SMILES string of the molecule is N#Cc1cccnc1N1CCCC1Cn1nc2c(cc1=O)CSCC2. The van der Waals surface area contributed by atoms with E-state index in [1.54, 1.807) is 29.1 Å². The second kappa shape index (κ2) is 6.89. The molecule has 0 bridgehead atoms. The van der Waals surface area contributed by atoms with Gasteiger partial charge in [0.25, 0.3) is 5.56 Å². The summed E-state index contributed by atoms with van der Waals surface area (Å²) < 4.78 is 1.60. The third-order valence-electron chi connectivity index (χ3n) is 4.84. The van der Waals surface area contributed by atoms with Crippen molar-refractivity contribution in [1.82, 2.24) is 14.8 Å². The first-order valence-electron chi connectivity index (χ1n) is 8.55. The maximum atomic E-state index is 12.4.